The molecule has 0 unspecified atom stereocenters. The van der Waals surface area contributed by atoms with Crippen molar-refractivity contribution in [1.29, 1.82) is 0 Å². The summed E-state index contributed by atoms with van der Waals surface area (Å²) in [6.07, 6.45) is 11.1. The Hall–Kier alpha value is -1.98. The maximum Gasteiger partial charge on any atom is 0.253 e. The Balaban J connectivity index is 1.57. The molecular weight excluding hydrogens is 332 g/mol. The van der Waals surface area contributed by atoms with Crippen LogP contribution in [0.15, 0.2) is 12.2 Å². The molecule has 1 aliphatic heterocycles. The van der Waals surface area contributed by atoms with Crippen molar-refractivity contribution < 1.29 is 19.2 Å². The summed E-state index contributed by atoms with van der Waals surface area (Å²) >= 11 is 0. The number of carbonyl (C=O) groups is 4. The first-order valence-corrected chi connectivity index (χ1v) is 9.78. The van der Waals surface area contributed by atoms with Crippen LogP contribution in [0.1, 0.15) is 64.2 Å². The van der Waals surface area contributed by atoms with Gasteiger partial charge in [-0.1, -0.05) is 12.8 Å². The first kappa shape index (κ1) is 20.3. The molecule has 6 nitrogen and oxygen atoms in total. The highest BCUT2D eigenvalue weighted by Crippen LogP contribution is 2.31. The molecule has 1 saturated carbocycles. The van der Waals surface area contributed by atoms with Crippen LogP contribution in [0.3, 0.4) is 0 Å². The lowest BCUT2D eigenvalue weighted by atomic mass is 9.79. The number of rotatable bonds is 10. The largest absolute Gasteiger partial charge is 0.359 e. The van der Waals surface area contributed by atoms with Gasteiger partial charge in [0.1, 0.15) is 5.78 Å². The van der Waals surface area contributed by atoms with Crippen LogP contribution in [0, 0.1) is 11.8 Å². The van der Waals surface area contributed by atoms with Gasteiger partial charge in [-0.25, -0.2) is 0 Å². The fourth-order valence-electron chi connectivity index (χ4n) is 3.80. The number of hydrogen-bond donors (Lipinski definition) is 1. The molecule has 0 spiro atoms. The van der Waals surface area contributed by atoms with Gasteiger partial charge >= 0.3 is 0 Å². The lowest BCUT2D eigenvalue weighted by molar-refractivity contribution is -0.138. The zero-order chi connectivity index (χ0) is 18.9. The Labute approximate surface area is 155 Å². The Bertz CT molecular complexity index is 544. The van der Waals surface area contributed by atoms with Crippen LogP contribution in [0.2, 0.25) is 0 Å². The summed E-state index contributed by atoms with van der Waals surface area (Å²) in [4.78, 5) is 48.0. The van der Waals surface area contributed by atoms with E-state index in [2.05, 4.69) is 5.32 Å². The molecule has 0 aromatic carbocycles. The fourth-order valence-corrected chi connectivity index (χ4v) is 3.80. The molecular formula is C20H30N2O4. The fraction of sp³-hybridized carbons (Fsp3) is 0.700. The minimum atomic E-state index is -0.218. The highest BCUT2D eigenvalue weighted by molar-refractivity contribution is 6.12. The number of imide groups is 1. The maximum atomic E-state index is 12.3. The van der Waals surface area contributed by atoms with Crippen LogP contribution in [-0.4, -0.2) is 42.0 Å². The SMILES string of the molecule is CNC(=O)CCCCCCC(=O)C1CCC(CN2C(=O)C=CC2=O)CC1. The third-order valence-corrected chi connectivity index (χ3v) is 5.50. The van der Waals surface area contributed by atoms with Crippen LogP contribution < -0.4 is 5.32 Å². The van der Waals surface area contributed by atoms with Crippen molar-refractivity contribution in [2.75, 3.05) is 13.6 Å². The van der Waals surface area contributed by atoms with E-state index >= 15 is 0 Å². The Morgan fingerprint density at radius 2 is 1.54 bits per heavy atom. The van der Waals surface area contributed by atoms with Crippen LogP contribution >= 0.6 is 0 Å². The molecule has 0 radical (unpaired) electrons. The van der Waals surface area contributed by atoms with Crippen molar-refractivity contribution in [3.8, 4) is 0 Å². The van der Waals surface area contributed by atoms with Crippen LogP contribution in [0.25, 0.3) is 0 Å². The zero-order valence-corrected chi connectivity index (χ0v) is 15.7. The number of nitrogens with zero attached hydrogens (tertiary/aromatic N) is 1. The van der Waals surface area contributed by atoms with E-state index in [-0.39, 0.29) is 23.6 Å². The van der Waals surface area contributed by atoms with Gasteiger partial charge in [-0.05, 0) is 44.4 Å². The van der Waals surface area contributed by atoms with Gasteiger partial charge in [0.2, 0.25) is 5.91 Å². The molecule has 1 fully saturated rings. The standard InChI is InChI=1S/C20H30N2O4/c1-21-18(24)7-5-3-2-4-6-17(23)16-10-8-15(9-11-16)14-22-19(25)12-13-20(22)26/h12-13,15-16H,2-11,14H2,1H3,(H,21,24). The van der Waals surface area contributed by atoms with Gasteiger partial charge < -0.3 is 5.32 Å². The lowest BCUT2D eigenvalue weighted by Crippen LogP contribution is -2.36. The predicted molar refractivity (Wildman–Crippen MR) is 98.1 cm³/mol. The Morgan fingerprint density at radius 1 is 0.962 bits per heavy atom. The first-order chi connectivity index (χ1) is 12.5. The molecule has 0 aromatic heterocycles. The van der Waals surface area contributed by atoms with Crippen molar-refractivity contribution in [3.05, 3.63) is 12.2 Å². The molecule has 3 amide bonds. The Morgan fingerprint density at radius 3 is 2.12 bits per heavy atom. The van der Waals surface area contributed by atoms with E-state index in [0.29, 0.717) is 31.1 Å². The summed E-state index contributed by atoms with van der Waals surface area (Å²) < 4.78 is 0. The van der Waals surface area contributed by atoms with Crippen LogP contribution in [-0.2, 0) is 19.2 Å². The van der Waals surface area contributed by atoms with E-state index in [4.69, 9.17) is 0 Å². The number of carbonyl (C=O) groups excluding carboxylic acids is 4. The number of ketones is 1. The van der Waals surface area contributed by atoms with Crippen molar-refractivity contribution in [1.82, 2.24) is 10.2 Å². The number of nitrogens with one attached hydrogen (secondary N) is 1. The van der Waals surface area contributed by atoms with Gasteiger partial charge in [0.15, 0.2) is 0 Å². The van der Waals surface area contributed by atoms with Crippen LogP contribution in [0.4, 0.5) is 0 Å². The minimum absolute atomic E-state index is 0.0750. The van der Waals surface area contributed by atoms with Crippen molar-refractivity contribution in [3.63, 3.8) is 0 Å². The quantitative estimate of drug-likeness (QED) is 0.478. The number of unbranched alkanes of at least 4 members (excludes halogenated alkanes) is 3. The highest BCUT2D eigenvalue weighted by Gasteiger charge is 2.30. The van der Waals surface area contributed by atoms with E-state index in [1.807, 2.05) is 0 Å². The van der Waals surface area contributed by atoms with Gasteiger partial charge in [0.25, 0.3) is 11.8 Å². The van der Waals surface area contributed by atoms with Crippen LogP contribution in [0.5, 0.6) is 0 Å². The molecule has 26 heavy (non-hydrogen) atoms. The normalized spacial score (nSPS) is 22.7. The topological polar surface area (TPSA) is 83.6 Å². The zero-order valence-electron chi connectivity index (χ0n) is 15.7. The Kier molecular flexibility index (Phi) is 8.01. The number of amides is 3. The van der Waals surface area contributed by atoms with Gasteiger partial charge in [0, 0.05) is 44.5 Å². The third kappa shape index (κ3) is 6.07. The van der Waals surface area contributed by atoms with E-state index in [0.717, 1.165) is 51.4 Å². The summed E-state index contributed by atoms with van der Waals surface area (Å²) in [5.41, 5.74) is 0. The van der Waals surface area contributed by atoms with Crippen molar-refractivity contribution >= 4 is 23.5 Å². The van der Waals surface area contributed by atoms with Gasteiger partial charge in [0.05, 0.1) is 0 Å². The van der Waals surface area contributed by atoms with Gasteiger partial charge in [-0.3, -0.25) is 24.1 Å². The average Bonchev–Trinajstić information content (AvgIpc) is 2.96. The summed E-state index contributed by atoms with van der Waals surface area (Å²) in [5, 5.41) is 2.61. The average molecular weight is 362 g/mol. The van der Waals surface area contributed by atoms with Gasteiger partial charge in [-0.15, -0.1) is 0 Å². The second kappa shape index (κ2) is 10.2. The molecule has 2 aliphatic rings. The molecule has 6 heteroatoms. The smallest absolute Gasteiger partial charge is 0.253 e. The van der Waals surface area contributed by atoms with E-state index in [9.17, 15) is 19.2 Å². The maximum absolute atomic E-state index is 12.3. The second-order valence-electron chi connectivity index (χ2n) is 7.39. The van der Waals surface area contributed by atoms with E-state index in [1.54, 1.807) is 7.05 Å². The third-order valence-electron chi connectivity index (χ3n) is 5.50. The summed E-state index contributed by atoms with van der Waals surface area (Å²) in [6, 6.07) is 0. The molecule has 0 atom stereocenters. The molecule has 0 bridgehead atoms. The molecule has 1 N–H and O–H groups in total. The highest BCUT2D eigenvalue weighted by atomic mass is 16.2. The molecule has 1 aliphatic carbocycles. The van der Waals surface area contributed by atoms with Crippen molar-refractivity contribution in [2.24, 2.45) is 11.8 Å². The number of hydrogen-bond acceptors (Lipinski definition) is 4. The molecule has 144 valence electrons. The van der Waals surface area contributed by atoms with Gasteiger partial charge in [-0.2, -0.15) is 0 Å². The number of Topliss-reactive ketones (excluding diaryl/α,β-unsaturated/α-hetero) is 1. The van der Waals surface area contributed by atoms with E-state index in [1.165, 1.54) is 17.1 Å². The summed E-state index contributed by atoms with van der Waals surface area (Å²) in [7, 11) is 1.65. The monoisotopic (exact) mass is 362 g/mol. The first-order valence-electron chi connectivity index (χ1n) is 9.78. The molecule has 0 saturated heterocycles. The lowest BCUT2D eigenvalue weighted by Gasteiger charge is -2.30. The predicted octanol–water partition coefficient (Wildman–Crippen LogP) is 2.37. The van der Waals surface area contributed by atoms with Crippen molar-refractivity contribution in [2.45, 2.75) is 64.2 Å². The molecule has 1 heterocycles. The van der Waals surface area contributed by atoms with E-state index < -0.39 is 0 Å². The molecule has 2 rings (SSSR count). The summed E-state index contributed by atoms with van der Waals surface area (Å²) in [6.45, 7) is 0.483. The summed E-state index contributed by atoms with van der Waals surface area (Å²) in [5.74, 6) is 0.446. The second-order valence-corrected chi connectivity index (χ2v) is 7.39. The molecule has 0 aromatic rings. The minimum Gasteiger partial charge on any atom is -0.359 e.